The van der Waals surface area contributed by atoms with Crippen molar-refractivity contribution in [3.8, 4) is 17.2 Å². The molecule has 0 atom stereocenters. The Morgan fingerprint density at radius 2 is 1.53 bits per heavy atom. The standard InChI is InChI=1S/C31H23Cl2N3O7/c1-18(37)42-27-13-10-20(15-28(27)41-2)29(38)35-23-8-5-7-19(14-23)30(39)36-34-17-21-6-3-4-9-26(21)43-31(40)24-12-11-22(32)16-25(24)33/h3-17H,1-2H3,(H,35,38)(H,36,39). The first kappa shape index (κ1) is 30.8. The molecule has 0 aromatic heterocycles. The van der Waals surface area contributed by atoms with E-state index in [4.69, 9.17) is 37.4 Å². The van der Waals surface area contributed by atoms with Gasteiger partial charge in [0.1, 0.15) is 5.75 Å². The summed E-state index contributed by atoms with van der Waals surface area (Å²) in [6.07, 6.45) is 1.32. The van der Waals surface area contributed by atoms with Crippen molar-refractivity contribution in [2.75, 3.05) is 12.4 Å². The Kier molecular flexibility index (Phi) is 10.1. The van der Waals surface area contributed by atoms with Crippen molar-refractivity contribution in [2.24, 2.45) is 5.10 Å². The van der Waals surface area contributed by atoms with Gasteiger partial charge in [-0.15, -0.1) is 0 Å². The molecule has 10 nitrogen and oxygen atoms in total. The summed E-state index contributed by atoms with van der Waals surface area (Å²) in [6.45, 7) is 1.26. The maximum Gasteiger partial charge on any atom is 0.345 e. The summed E-state index contributed by atoms with van der Waals surface area (Å²) in [6, 6.07) is 21.6. The number of carbonyl (C=O) groups is 4. The Bertz CT molecular complexity index is 1740. The van der Waals surface area contributed by atoms with Gasteiger partial charge in [-0.05, 0) is 66.7 Å². The summed E-state index contributed by atoms with van der Waals surface area (Å²) in [5, 5.41) is 7.21. The number of nitrogens with zero attached hydrogens (tertiary/aromatic N) is 1. The molecule has 0 saturated carbocycles. The van der Waals surface area contributed by atoms with E-state index in [9.17, 15) is 19.2 Å². The van der Waals surface area contributed by atoms with Crippen molar-refractivity contribution in [2.45, 2.75) is 6.92 Å². The second kappa shape index (κ2) is 14.1. The fourth-order valence-corrected chi connectivity index (χ4v) is 4.19. The number of amides is 2. The minimum Gasteiger partial charge on any atom is -0.493 e. The Labute approximate surface area is 256 Å². The fourth-order valence-electron chi connectivity index (χ4n) is 3.70. The van der Waals surface area contributed by atoms with Crippen LogP contribution in [0, 0.1) is 0 Å². The van der Waals surface area contributed by atoms with Gasteiger partial charge in [-0.3, -0.25) is 14.4 Å². The van der Waals surface area contributed by atoms with Crippen molar-refractivity contribution in [1.29, 1.82) is 0 Å². The Balaban J connectivity index is 1.41. The topological polar surface area (TPSA) is 132 Å². The van der Waals surface area contributed by atoms with Gasteiger partial charge >= 0.3 is 11.9 Å². The molecule has 4 rings (SSSR count). The summed E-state index contributed by atoms with van der Waals surface area (Å²) < 4.78 is 15.7. The van der Waals surface area contributed by atoms with Crippen molar-refractivity contribution in [3.05, 3.63) is 117 Å². The lowest BCUT2D eigenvalue weighted by Crippen LogP contribution is -2.18. The van der Waals surface area contributed by atoms with E-state index in [-0.39, 0.29) is 39.0 Å². The average Bonchev–Trinajstić information content (AvgIpc) is 2.98. The van der Waals surface area contributed by atoms with Gasteiger partial charge in [-0.25, -0.2) is 10.2 Å². The zero-order chi connectivity index (χ0) is 30.9. The molecule has 0 unspecified atom stereocenters. The number of para-hydroxylation sites is 1. The molecular weight excluding hydrogens is 597 g/mol. The van der Waals surface area contributed by atoms with Crippen LogP contribution in [0.2, 0.25) is 10.0 Å². The minimum absolute atomic E-state index is 0.135. The first-order valence-electron chi connectivity index (χ1n) is 12.5. The number of hydrogen-bond donors (Lipinski definition) is 2. The van der Waals surface area contributed by atoms with E-state index in [1.807, 2.05) is 0 Å². The second-order valence-corrected chi connectivity index (χ2v) is 9.59. The fraction of sp³-hybridized carbons (Fsp3) is 0.0645. The maximum absolute atomic E-state index is 12.8. The van der Waals surface area contributed by atoms with Crippen LogP contribution in [-0.2, 0) is 4.79 Å². The number of benzene rings is 4. The quantitative estimate of drug-likeness (QED) is 0.0991. The summed E-state index contributed by atoms with van der Waals surface area (Å²) in [5.41, 5.74) is 3.77. The van der Waals surface area contributed by atoms with Gasteiger partial charge in [0, 0.05) is 34.3 Å². The zero-order valence-electron chi connectivity index (χ0n) is 22.7. The van der Waals surface area contributed by atoms with Crippen LogP contribution in [0.4, 0.5) is 5.69 Å². The number of ether oxygens (including phenoxy) is 3. The van der Waals surface area contributed by atoms with Crippen LogP contribution in [0.1, 0.15) is 43.6 Å². The van der Waals surface area contributed by atoms with Gasteiger partial charge in [0.15, 0.2) is 11.5 Å². The molecule has 12 heteroatoms. The number of nitrogens with one attached hydrogen (secondary N) is 2. The number of halogens is 2. The lowest BCUT2D eigenvalue weighted by molar-refractivity contribution is -0.132. The molecule has 0 radical (unpaired) electrons. The van der Waals surface area contributed by atoms with Crippen LogP contribution in [0.3, 0.4) is 0 Å². The third-order valence-electron chi connectivity index (χ3n) is 5.70. The van der Waals surface area contributed by atoms with E-state index in [2.05, 4.69) is 15.8 Å². The summed E-state index contributed by atoms with van der Waals surface area (Å²) in [4.78, 5) is 49.5. The lowest BCUT2D eigenvalue weighted by Gasteiger charge is -2.11. The number of hydrogen-bond acceptors (Lipinski definition) is 8. The lowest BCUT2D eigenvalue weighted by atomic mass is 10.1. The number of anilines is 1. The number of rotatable bonds is 9. The highest BCUT2D eigenvalue weighted by Crippen LogP contribution is 2.29. The highest BCUT2D eigenvalue weighted by Gasteiger charge is 2.16. The van der Waals surface area contributed by atoms with E-state index >= 15 is 0 Å². The Morgan fingerprint density at radius 3 is 2.28 bits per heavy atom. The van der Waals surface area contributed by atoms with Crippen LogP contribution in [0.15, 0.2) is 90.0 Å². The third-order valence-corrected chi connectivity index (χ3v) is 6.25. The number of methoxy groups -OCH3 is 1. The van der Waals surface area contributed by atoms with Crippen LogP contribution >= 0.6 is 23.2 Å². The minimum atomic E-state index is -0.691. The van der Waals surface area contributed by atoms with Crippen molar-refractivity contribution < 1.29 is 33.4 Å². The van der Waals surface area contributed by atoms with E-state index in [0.29, 0.717) is 16.3 Å². The van der Waals surface area contributed by atoms with Gasteiger partial charge in [-0.1, -0.05) is 41.4 Å². The van der Waals surface area contributed by atoms with Crippen molar-refractivity contribution in [3.63, 3.8) is 0 Å². The predicted molar refractivity (Wildman–Crippen MR) is 162 cm³/mol. The molecule has 0 heterocycles. The molecule has 0 aliphatic heterocycles. The van der Waals surface area contributed by atoms with Crippen LogP contribution in [0.25, 0.3) is 0 Å². The first-order valence-corrected chi connectivity index (χ1v) is 13.3. The SMILES string of the molecule is COc1cc(C(=O)Nc2cccc(C(=O)NN=Cc3ccccc3OC(=O)c3ccc(Cl)cc3Cl)c2)ccc1OC(C)=O. The highest BCUT2D eigenvalue weighted by molar-refractivity contribution is 6.36. The molecule has 0 aliphatic carbocycles. The molecule has 2 N–H and O–H groups in total. The molecule has 2 amide bonds. The molecule has 4 aromatic rings. The van der Waals surface area contributed by atoms with E-state index in [1.54, 1.807) is 42.5 Å². The number of carbonyl (C=O) groups excluding carboxylic acids is 4. The largest absolute Gasteiger partial charge is 0.493 e. The van der Waals surface area contributed by atoms with Gasteiger partial charge in [0.25, 0.3) is 11.8 Å². The summed E-state index contributed by atoms with van der Waals surface area (Å²) in [7, 11) is 1.39. The van der Waals surface area contributed by atoms with E-state index in [1.165, 1.54) is 62.7 Å². The normalized spacial score (nSPS) is 10.6. The molecule has 0 fully saturated rings. The summed E-state index contributed by atoms with van der Waals surface area (Å²) >= 11 is 12.0. The van der Waals surface area contributed by atoms with Crippen LogP contribution in [-0.4, -0.2) is 37.1 Å². The molecule has 0 spiro atoms. The van der Waals surface area contributed by atoms with Crippen molar-refractivity contribution in [1.82, 2.24) is 5.43 Å². The number of hydrazone groups is 1. The molecule has 43 heavy (non-hydrogen) atoms. The maximum atomic E-state index is 12.8. The Hall–Kier alpha value is -5.19. The monoisotopic (exact) mass is 619 g/mol. The molecule has 0 aliphatic rings. The van der Waals surface area contributed by atoms with Crippen LogP contribution < -0.4 is 25.0 Å². The molecule has 0 saturated heterocycles. The molecule has 218 valence electrons. The molecule has 4 aromatic carbocycles. The third kappa shape index (κ3) is 8.19. The Morgan fingerprint density at radius 1 is 0.767 bits per heavy atom. The number of esters is 2. The van der Waals surface area contributed by atoms with Gasteiger partial charge in [-0.2, -0.15) is 5.10 Å². The van der Waals surface area contributed by atoms with Gasteiger partial charge < -0.3 is 19.5 Å². The van der Waals surface area contributed by atoms with Gasteiger partial charge in [0.05, 0.1) is 23.9 Å². The summed E-state index contributed by atoms with van der Waals surface area (Å²) in [5.74, 6) is -1.67. The smallest absolute Gasteiger partial charge is 0.345 e. The van der Waals surface area contributed by atoms with Crippen molar-refractivity contribution >= 4 is 58.9 Å². The van der Waals surface area contributed by atoms with Crippen LogP contribution in [0.5, 0.6) is 17.2 Å². The van der Waals surface area contributed by atoms with Gasteiger partial charge in [0.2, 0.25) is 0 Å². The van der Waals surface area contributed by atoms with E-state index < -0.39 is 23.8 Å². The zero-order valence-corrected chi connectivity index (χ0v) is 24.2. The highest BCUT2D eigenvalue weighted by atomic mass is 35.5. The second-order valence-electron chi connectivity index (χ2n) is 8.74. The molecular formula is C31H23Cl2N3O7. The van der Waals surface area contributed by atoms with E-state index in [0.717, 1.165) is 0 Å². The first-order chi connectivity index (χ1) is 20.6. The average molecular weight is 620 g/mol. The molecule has 0 bridgehead atoms. The predicted octanol–water partition coefficient (Wildman–Crippen LogP) is 6.16.